The average molecular weight is 351 g/mol. The largest absolute Gasteiger partial charge is 0.409 e. The molecule has 0 radical (unpaired) electrons. The summed E-state index contributed by atoms with van der Waals surface area (Å²) in [4.78, 5) is 0. The van der Waals surface area contributed by atoms with Crippen LogP contribution in [0.5, 0.6) is 0 Å². The monoisotopic (exact) mass is 350 g/mol. The molecule has 0 aliphatic rings. The van der Waals surface area contributed by atoms with E-state index in [1.807, 2.05) is 6.92 Å². The molecule has 1 aromatic heterocycles. The fourth-order valence-corrected chi connectivity index (χ4v) is 2.27. The van der Waals surface area contributed by atoms with E-state index in [0.29, 0.717) is 17.4 Å². The first-order chi connectivity index (χ1) is 9.43. The number of benzene rings is 1. The van der Waals surface area contributed by atoms with Gasteiger partial charge in [-0.05, 0) is 31.2 Å². The van der Waals surface area contributed by atoms with Crippen LogP contribution in [0.15, 0.2) is 27.2 Å². The summed E-state index contributed by atoms with van der Waals surface area (Å²) in [5, 5.41) is 6.49. The smallest absolute Gasteiger partial charge is 0.356 e. The predicted octanol–water partition coefficient (Wildman–Crippen LogP) is 4.58. The van der Waals surface area contributed by atoms with E-state index < -0.39 is 12.2 Å². The molecule has 2 rings (SSSR count). The number of alkyl halides is 3. The zero-order valence-electron chi connectivity index (χ0n) is 10.8. The Bertz CT molecular complexity index is 582. The SMILES string of the molecule is CCCCNC(c1noc2cc(Br)ccc12)C(F)(F)F. The van der Waals surface area contributed by atoms with E-state index in [0.717, 1.165) is 10.9 Å². The standard InChI is InChI=1S/C13H14BrF3N2O/c1-2-3-6-18-12(13(15,16)17)11-9-5-4-8(14)7-10(9)20-19-11/h4-5,7,12,18H,2-3,6H2,1H3. The second-order valence-corrected chi connectivity index (χ2v) is 5.41. The molecule has 0 saturated carbocycles. The molecular weight excluding hydrogens is 337 g/mol. The lowest BCUT2D eigenvalue weighted by Gasteiger charge is -2.19. The van der Waals surface area contributed by atoms with Crippen molar-refractivity contribution in [3.8, 4) is 0 Å². The summed E-state index contributed by atoms with van der Waals surface area (Å²) < 4.78 is 45.2. The third kappa shape index (κ3) is 3.32. The van der Waals surface area contributed by atoms with Gasteiger partial charge in [-0.3, -0.25) is 0 Å². The zero-order valence-corrected chi connectivity index (χ0v) is 12.4. The van der Waals surface area contributed by atoms with Gasteiger partial charge in [0.15, 0.2) is 11.6 Å². The van der Waals surface area contributed by atoms with E-state index in [-0.39, 0.29) is 12.2 Å². The van der Waals surface area contributed by atoms with Gasteiger partial charge in [-0.2, -0.15) is 13.2 Å². The minimum Gasteiger partial charge on any atom is -0.356 e. The highest BCUT2D eigenvalue weighted by molar-refractivity contribution is 9.10. The summed E-state index contributed by atoms with van der Waals surface area (Å²) >= 11 is 3.24. The molecule has 1 unspecified atom stereocenters. The van der Waals surface area contributed by atoms with Crippen LogP contribution in [0.1, 0.15) is 31.5 Å². The van der Waals surface area contributed by atoms with Crippen molar-refractivity contribution in [1.29, 1.82) is 0 Å². The molecule has 1 atom stereocenters. The fraction of sp³-hybridized carbons (Fsp3) is 0.462. The van der Waals surface area contributed by atoms with Gasteiger partial charge in [0.2, 0.25) is 0 Å². The minimum atomic E-state index is -4.41. The van der Waals surface area contributed by atoms with Crippen molar-refractivity contribution >= 4 is 26.9 Å². The number of nitrogens with one attached hydrogen (secondary N) is 1. The average Bonchev–Trinajstić information content (AvgIpc) is 2.75. The molecule has 3 nitrogen and oxygen atoms in total. The van der Waals surface area contributed by atoms with Crippen LogP contribution in [-0.2, 0) is 0 Å². The van der Waals surface area contributed by atoms with Crippen LogP contribution in [0.3, 0.4) is 0 Å². The molecule has 20 heavy (non-hydrogen) atoms. The van der Waals surface area contributed by atoms with E-state index in [4.69, 9.17) is 4.52 Å². The normalized spacial score (nSPS) is 13.8. The van der Waals surface area contributed by atoms with Gasteiger partial charge in [0.05, 0.1) is 0 Å². The molecule has 2 aromatic rings. The van der Waals surface area contributed by atoms with Crippen molar-refractivity contribution in [2.75, 3.05) is 6.54 Å². The third-order valence-corrected chi connectivity index (χ3v) is 3.43. The van der Waals surface area contributed by atoms with Crippen LogP contribution in [-0.4, -0.2) is 17.9 Å². The maximum absolute atomic E-state index is 13.2. The summed E-state index contributed by atoms with van der Waals surface area (Å²) in [6.45, 7) is 2.21. The number of fused-ring (bicyclic) bond motifs is 1. The molecule has 0 bridgehead atoms. The molecule has 0 aliphatic carbocycles. The molecule has 0 aliphatic heterocycles. The molecule has 110 valence electrons. The Morgan fingerprint density at radius 3 is 2.80 bits per heavy atom. The molecule has 0 fully saturated rings. The number of nitrogens with zero attached hydrogens (tertiary/aromatic N) is 1. The number of rotatable bonds is 5. The quantitative estimate of drug-likeness (QED) is 0.801. The Morgan fingerprint density at radius 2 is 2.15 bits per heavy atom. The van der Waals surface area contributed by atoms with Gasteiger partial charge < -0.3 is 9.84 Å². The van der Waals surface area contributed by atoms with Crippen molar-refractivity contribution in [3.05, 3.63) is 28.4 Å². The van der Waals surface area contributed by atoms with Crippen LogP contribution in [0, 0.1) is 0 Å². The number of halogens is 4. The topological polar surface area (TPSA) is 38.1 Å². The van der Waals surface area contributed by atoms with Crippen LogP contribution in [0.4, 0.5) is 13.2 Å². The van der Waals surface area contributed by atoms with E-state index in [2.05, 4.69) is 26.4 Å². The molecule has 1 N–H and O–H groups in total. The van der Waals surface area contributed by atoms with E-state index >= 15 is 0 Å². The highest BCUT2D eigenvalue weighted by Crippen LogP contribution is 2.36. The van der Waals surface area contributed by atoms with Crippen molar-refractivity contribution in [2.45, 2.75) is 32.0 Å². The molecule has 0 saturated heterocycles. The van der Waals surface area contributed by atoms with E-state index in [1.54, 1.807) is 18.2 Å². The van der Waals surface area contributed by atoms with E-state index in [9.17, 15) is 13.2 Å². The molecule has 1 aromatic carbocycles. The van der Waals surface area contributed by atoms with Gasteiger partial charge >= 0.3 is 6.18 Å². The highest BCUT2D eigenvalue weighted by atomic mass is 79.9. The maximum atomic E-state index is 13.2. The van der Waals surface area contributed by atoms with Crippen molar-refractivity contribution in [1.82, 2.24) is 10.5 Å². The van der Waals surface area contributed by atoms with Gasteiger partial charge in [0, 0.05) is 9.86 Å². The number of hydrogen-bond donors (Lipinski definition) is 1. The maximum Gasteiger partial charge on any atom is 0.409 e. The van der Waals surface area contributed by atoms with Crippen molar-refractivity contribution in [3.63, 3.8) is 0 Å². The van der Waals surface area contributed by atoms with Crippen molar-refractivity contribution in [2.24, 2.45) is 0 Å². The summed E-state index contributed by atoms with van der Waals surface area (Å²) in [6, 6.07) is 3.04. The summed E-state index contributed by atoms with van der Waals surface area (Å²) in [5.41, 5.74) is 0.219. The fourth-order valence-electron chi connectivity index (χ4n) is 1.93. The summed E-state index contributed by atoms with van der Waals surface area (Å²) in [7, 11) is 0. The summed E-state index contributed by atoms with van der Waals surface area (Å²) in [5.74, 6) is 0. The minimum absolute atomic E-state index is 0.115. The first-order valence-corrected chi connectivity index (χ1v) is 7.07. The second kappa shape index (κ2) is 6.13. The lowest BCUT2D eigenvalue weighted by atomic mass is 10.1. The van der Waals surface area contributed by atoms with Crippen LogP contribution >= 0.6 is 15.9 Å². The Kier molecular flexibility index (Phi) is 4.70. The first kappa shape index (κ1) is 15.3. The number of hydrogen-bond acceptors (Lipinski definition) is 3. The molecule has 0 amide bonds. The van der Waals surface area contributed by atoms with Gasteiger partial charge in [0.25, 0.3) is 0 Å². The Hall–Kier alpha value is -1.08. The lowest BCUT2D eigenvalue weighted by Crippen LogP contribution is -2.35. The first-order valence-electron chi connectivity index (χ1n) is 6.28. The Balaban J connectivity index is 2.35. The zero-order chi connectivity index (χ0) is 14.8. The van der Waals surface area contributed by atoms with Crippen molar-refractivity contribution < 1.29 is 17.7 Å². The summed E-state index contributed by atoms with van der Waals surface area (Å²) in [6.07, 6.45) is -2.91. The third-order valence-electron chi connectivity index (χ3n) is 2.94. The Labute approximate surface area is 122 Å². The lowest BCUT2D eigenvalue weighted by molar-refractivity contribution is -0.158. The van der Waals surface area contributed by atoms with Crippen LogP contribution < -0.4 is 5.32 Å². The molecule has 0 spiro atoms. The van der Waals surface area contributed by atoms with Gasteiger partial charge in [0.1, 0.15) is 5.69 Å². The second-order valence-electron chi connectivity index (χ2n) is 4.49. The molecular formula is C13H14BrF3N2O. The predicted molar refractivity (Wildman–Crippen MR) is 73.4 cm³/mol. The van der Waals surface area contributed by atoms with Gasteiger partial charge in [-0.15, -0.1) is 0 Å². The van der Waals surface area contributed by atoms with Crippen LogP contribution in [0.25, 0.3) is 11.0 Å². The van der Waals surface area contributed by atoms with Gasteiger partial charge in [-0.1, -0.05) is 34.4 Å². The molecule has 1 heterocycles. The van der Waals surface area contributed by atoms with E-state index in [1.165, 1.54) is 0 Å². The van der Waals surface area contributed by atoms with Crippen LogP contribution in [0.2, 0.25) is 0 Å². The number of aromatic nitrogens is 1. The Morgan fingerprint density at radius 1 is 1.40 bits per heavy atom. The highest BCUT2D eigenvalue weighted by Gasteiger charge is 2.43. The number of unbranched alkanes of at least 4 members (excludes halogenated alkanes) is 1. The molecule has 7 heteroatoms. The van der Waals surface area contributed by atoms with Gasteiger partial charge in [-0.25, -0.2) is 0 Å².